The number of nitrogens with one attached hydrogen (secondary N) is 1. The minimum absolute atomic E-state index is 0.0826. The molecule has 2 aromatic heterocycles. The number of nitrogens with zero attached hydrogens (tertiary/aromatic N) is 3. The highest BCUT2D eigenvalue weighted by Gasteiger charge is 2.07. The third kappa shape index (κ3) is 3.62. The molecule has 6 nitrogen and oxygen atoms in total. The van der Waals surface area contributed by atoms with Crippen LogP contribution in [0, 0.1) is 0 Å². The molecule has 0 spiro atoms. The van der Waals surface area contributed by atoms with Crippen LogP contribution in [0.3, 0.4) is 0 Å². The summed E-state index contributed by atoms with van der Waals surface area (Å²) >= 11 is 0. The molecule has 0 fully saturated rings. The summed E-state index contributed by atoms with van der Waals surface area (Å²) in [5, 5.41) is 2.83. The van der Waals surface area contributed by atoms with E-state index in [9.17, 15) is 4.79 Å². The molecule has 19 heavy (non-hydrogen) atoms. The van der Waals surface area contributed by atoms with Gasteiger partial charge in [-0.1, -0.05) is 0 Å². The lowest BCUT2D eigenvalue weighted by molar-refractivity contribution is 0.0952. The molecule has 0 saturated heterocycles. The number of nitrogens with two attached hydrogens (primary N) is 1. The SMILES string of the molecule is CC(N)CCNC(=O)c1ccnc(-n2ccnc2)c1. The van der Waals surface area contributed by atoms with Crippen molar-refractivity contribution < 1.29 is 4.79 Å². The molecule has 1 amide bonds. The normalized spacial score (nSPS) is 12.1. The highest BCUT2D eigenvalue weighted by Crippen LogP contribution is 2.06. The molecule has 0 aliphatic heterocycles. The van der Waals surface area contributed by atoms with Crippen molar-refractivity contribution >= 4 is 5.91 Å². The molecular formula is C13H17N5O. The molecule has 2 heterocycles. The summed E-state index contributed by atoms with van der Waals surface area (Å²) in [5.41, 5.74) is 6.21. The summed E-state index contributed by atoms with van der Waals surface area (Å²) in [4.78, 5) is 20.1. The molecule has 1 unspecified atom stereocenters. The Morgan fingerprint density at radius 2 is 2.37 bits per heavy atom. The van der Waals surface area contributed by atoms with E-state index < -0.39 is 0 Å². The smallest absolute Gasteiger partial charge is 0.251 e. The Balaban J connectivity index is 2.04. The molecule has 2 aromatic rings. The van der Waals surface area contributed by atoms with Gasteiger partial charge < -0.3 is 11.1 Å². The first-order valence-corrected chi connectivity index (χ1v) is 6.15. The third-order valence-electron chi connectivity index (χ3n) is 2.66. The van der Waals surface area contributed by atoms with Gasteiger partial charge in [-0.25, -0.2) is 9.97 Å². The van der Waals surface area contributed by atoms with Gasteiger partial charge >= 0.3 is 0 Å². The fourth-order valence-corrected chi connectivity index (χ4v) is 1.61. The summed E-state index contributed by atoms with van der Waals surface area (Å²) in [7, 11) is 0. The molecule has 0 aromatic carbocycles. The van der Waals surface area contributed by atoms with Crippen molar-refractivity contribution in [2.24, 2.45) is 5.73 Å². The van der Waals surface area contributed by atoms with Crippen LogP contribution in [0.4, 0.5) is 0 Å². The zero-order valence-electron chi connectivity index (χ0n) is 10.8. The second-order valence-electron chi connectivity index (χ2n) is 4.39. The Bertz CT molecular complexity index is 536. The van der Waals surface area contributed by atoms with Gasteiger partial charge in [0.1, 0.15) is 12.1 Å². The van der Waals surface area contributed by atoms with Crippen LogP contribution in [0.25, 0.3) is 5.82 Å². The number of hydrogen-bond donors (Lipinski definition) is 2. The first-order chi connectivity index (χ1) is 9.16. The summed E-state index contributed by atoms with van der Waals surface area (Å²) in [6, 6.07) is 3.49. The Morgan fingerprint density at radius 3 is 3.05 bits per heavy atom. The molecule has 0 aliphatic rings. The largest absolute Gasteiger partial charge is 0.352 e. The molecule has 6 heteroatoms. The van der Waals surface area contributed by atoms with Crippen LogP contribution in [-0.4, -0.2) is 33.0 Å². The summed E-state index contributed by atoms with van der Waals surface area (Å²) in [5.74, 6) is 0.543. The number of pyridine rings is 1. The van der Waals surface area contributed by atoms with Crippen molar-refractivity contribution in [1.82, 2.24) is 19.9 Å². The number of amides is 1. The highest BCUT2D eigenvalue weighted by atomic mass is 16.1. The van der Waals surface area contributed by atoms with Crippen molar-refractivity contribution in [2.45, 2.75) is 19.4 Å². The Kier molecular flexibility index (Phi) is 4.25. The van der Waals surface area contributed by atoms with Crippen LogP contribution < -0.4 is 11.1 Å². The molecule has 3 N–H and O–H groups in total. The maximum Gasteiger partial charge on any atom is 0.251 e. The maximum absolute atomic E-state index is 11.9. The number of hydrogen-bond acceptors (Lipinski definition) is 4. The van der Waals surface area contributed by atoms with Crippen molar-refractivity contribution in [3.63, 3.8) is 0 Å². The Labute approximate surface area is 111 Å². The van der Waals surface area contributed by atoms with E-state index in [1.54, 1.807) is 41.6 Å². The van der Waals surface area contributed by atoms with Crippen LogP contribution >= 0.6 is 0 Å². The zero-order chi connectivity index (χ0) is 13.7. The fraction of sp³-hybridized carbons (Fsp3) is 0.308. The summed E-state index contributed by atoms with van der Waals surface area (Å²) in [6.07, 6.45) is 7.44. The van der Waals surface area contributed by atoms with Crippen LogP contribution in [0.2, 0.25) is 0 Å². The molecular weight excluding hydrogens is 242 g/mol. The van der Waals surface area contributed by atoms with Gasteiger partial charge in [-0.05, 0) is 25.5 Å². The molecule has 0 radical (unpaired) electrons. The predicted octanol–water partition coefficient (Wildman–Crippen LogP) is 0.734. The lowest BCUT2D eigenvalue weighted by Gasteiger charge is -2.08. The second kappa shape index (κ2) is 6.10. The average Bonchev–Trinajstić information content (AvgIpc) is 2.92. The van der Waals surface area contributed by atoms with Gasteiger partial charge in [0.05, 0.1) is 0 Å². The fourth-order valence-electron chi connectivity index (χ4n) is 1.61. The minimum Gasteiger partial charge on any atom is -0.352 e. The van der Waals surface area contributed by atoms with Gasteiger partial charge in [-0.2, -0.15) is 0 Å². The number of aromatic nitrogens is 3. The van der Waals surface area contributed by atoms with Crippen molar-refractivity contribution in [3.8, 4) is 5.82 Å². The lowest BCUT2D eigenvalue weighted by Crippen LogP contribution is -2.29. The summed E-state index contributed by atoms with van der Waals surface area (Å²) in [6.45, 7) is 2.48. The van der Waals surface area contributed by atoms with Gasteiger partial charge in [0.25, 0.3) is 5.91 Å². The quantitative estimate of drug-likeness (QED) is 0.829. The molecule has 0 saturated carbocycles. The Hall–Kier alpha value is -2.21. The third-order valence-corrected chi connectivity index (χ3v) is 2.66. The second-order valence-corrected chi connectivity index (χ2v) is 4.39. The molecule has 100 valence electrons. The molecule has 1 atom stereocenters. The zero-order valence-corrected chi connectivity index (χ0v) is 10.8. The summed E-state index contributed by atoms with van der Waals surface area (Å²) < 4.78 is 1.75. The average molecular weight is 259 g/mol. The minimum atomic E-state index is -0.121. The van der Waals surface area contributed by atoms with Gasteiger partial charge in [0, 0.05) is 36.7 Å². The lowest BCUT2D eigenvalue weighted by atomic mass is 10.2. The number of rotatable bonds is 5. The van der Waals surface area contributed by atoms with E-state index in [4.69, 9.17) is 5.73 Å². The number of carbonyl (C=O) groups is 1. The van der Waals surface area contributed by atoms with Crippen LogP contribution in [-0.2, 0) is 0 Å². The standard InChI is InChI=1S/C13H17N5O/c1-10(14)2-4-17-13(19)11-3-5-16-12(8-11)18-7-6-15-9-18/h3,5-10H,2,4,14H2,1H3,(H,17,19). The van der Waals surface area contributed by atoms with Gasteiger partial charge in [-0.3, -0.25) is 9.36 Å². The van der Waals surface area contributed by atoms with E-state index in [0.717, 1.165) is 6.42 Å². The monoisotopic (exact) mass is 259 g/mol. The number of carbonyl (C=O) groups excluding carboxylic acids is 1. The van der Waals surface area contributed by atoms with Crippen LogP contribution in [0.15, 0.2) is 37.1 Å². The van der Waals surface area contributed by atoms with Crippen molar-refractivity contribution in [1.29, 1.82) is 0 Å². The molecule has 0 bridgehead atoms. The van der Waals surface area contributed by atoms with Crippen molar-refractivity contribution in [2.75, 3.05) is 6.54 Å². The van der Waals surface area contributed by atoms with Crippen LogP contribution in [0.5, 0.6) is 0 Å². The molecule has 0 aliphatic carbocycles. The van der Waals surface area contributed by atoms with Crippen LogP contribution in [0.1, 0.15) is 23.7 Å². The Morgan fingerprint density at radius 1 is 1.53 bits per heavy atom. The maximum atomic E-state index is 11.9. The number of imidazole rings is 1. The van der Waals surface area contributed by atoms with E-state index in [1.165, 1.54) is 0 Å². The highest BCUT2D eigenvalue weighted by molar-refractivity contribution is 5.94. The van der Waals surface area contributed by atoms with Gasteiger partial charge in [0.2, 0.25) is 0 Å². The van der Waals surface area contributed by atoms with Gasteiger partial charge in [0.15, 0.2) is 0 Å². The van der Waals surface area contributed by atoms with E-state index >= 15 is 0 Å². The van der Waals surface area contributed by atoms with E-state index in [1.807, 2.05) is 6.92 Å². The van der Waals surface area contributed by atoms with E-state index in [2.05, 4.69) is 15.3 Å². The predicted molar refractivity (Wildman–Crippen MR) is 72.0 cm³/mol. The van der Waals surface area contributed by atoms with Crippen molar-refractivity contribution in [3.05, 3.63) is 42.6 Å². The van der Waals surface area contributed by atoms with E-state index in [-0.39, 0.29) is 11.9 Å². The van der Waals surface area contributed by atoms with E-state index in [0.29, 0.717) is 17.9 Å². The first kappa shape index (κ1) is 13.2. The molecule has 2 rings (SSSR count). The first-order valence-electron chi connectivity index (χ1n) is 6.15. The van der Waals surface area contributed by atoms with Gasteiger partial charge in [-0.15, -0.1) is 0 Å². The topological polar surface area (TPSA) is 85.8 Å².